The Bertz CT molecular complexity index is 1100. The van der Waals surface area contributed by atoms with Crippen LogP contribution in [0.25, 0.3) is 0 Å². The number of benzene rings is 1. The largest absolute Gasteiger partial charge is 0.470 e. The Morgan fingerprint density at radius 3 is 2.55 bits per heavy atom. The smallest absolute Gasteiger partial charge is 0.437 e. The van der Waals surface area contributed by atoms with Crippen LogP contribution in [0.5, 0.6) is 5.75 Å². The number of nitrogens with zero attached hydrogens (tertiary/aromatic N) is 3. The molecule has 2 aliphatic rings. The van der Waals surface area contributed by atoms with E-state index in [-0.39, 0.29) is 34.2 Å². The van der Waals surface area contributed by atoms with Crippen molar-refractivity contribution in [2.75, 3.05) is 7.11 Å². The quantitative estimate of drug-likeness (QED) is 0.487. The third-order valence-electron chi connectivity index (χ3n) is 5.12. The molecule has 1 aromatic heterocycles. The van der Waals surface area contributed by atoms with E-state index >= 15 is 0 Å². The fraction of sp³-hybridized carbons (Fsp3) is 0.389. The number of esters is 1. The highest BCUT2D eigenvalue weighted by Crippen LogP contribution is 2.51. The molecular formula is C18H13F6N3O4. The van der Waals surface area contributed by atoms with E-state index < -0.39 is 48.5 Å². The summed E-state index contributed by atoms with van der Waals surface area (Å²) in [6.07, 6.45) is -11.0. The van der Waals surface area contributed by atoms with Crippen LogP contribution in [0.3, 0.4) is 0 Å². The molecule has 0 spiro atoms. The van der Waals surface area contributed by atoms with Crippen molar-refractivity contribution in [3.8, 4) is 5.75 Å². The number of oxime groups is 1. The van der Waals surface area contributed by atoms with Gasteiger partial charge in [0, 0.05) is 11.1 Å². The summed E-state index contributed by atoms with van der Waals surface area (Å²) in [5.41, 5.74) is -5.42. The summed E-state index contributed by atoms with van der Waals surface area (Å²) in [4.78, 5) is 16.8. The minimum atomic E-state index is -5.12. The van der Waals surface area contributed by atoms with Crippen LogP contribution in [0.1, 0.15) is 39.3 Å². The first kappa shape index (κ1) is 21.0. The fourth-order valence-electron chi connectivity index (χ4n) is 3.55. The first-order valence-electron chi connectivity index (χ1n) is 8.71. The molecule has 0 amide bonds. The van der Waals surface area contributed by atoms with Gasteiger partial charge in [-0.2, -0.15) is 31.4 Å². The number of aromatic nitrogens is 2. The number of ether oxygens (including phenoxy) is 2. The fourth-order valence-corrected chi connectivity index (χ4v) is 3.55. The summed E-state index contributed by atoms with van der Waals surface area (Å²) in [5, 5.41) is 6.78. The number of alkyl halides is 6. The number of halogens is 6. The second-order valence-electron chi connectivity index (χ2n) is 6.92. The van der Waals surface area contributed by atoms with Crippen LogP contribution in [0.2, 0.25) is 0 Å². The third-order valence-corrected chi connectivity index (χ3v) is 5.12. The Morgan fingerprint density at radius 2 is 1.94 bits per heavy atom. The topological polar surface area (TPSA) is 74.9 Å². The Balaban J connectivity index is 1.94. The Hall–Kier alpha value is -3.25. The molecule has 1 aromatic carbocycles. The number of carbonyl (C=O) groups is 1. The van der Waals surface area contributed by atoms with E-state index in [2.05, 4.69) is 15.0 Å². The van der Waals surface area contributed by atoms with Gasteiger partial charge in [-0.1, -0.05) is 5.16 Å². The van der Waals surface area contributed by atoms with E-state index in [0.29, 0.717) is 4.68 Å². The molecule has 0 N–H and O–H groups in total. The molecule has 2 aliphatic heterocycles. The molecule has 4 rings (SSSR count). The van der Waals surface area contributed by atoms with Crippen molar-refractivity contribution in [2.24, 2.45) is 5.16 Å². The van der Waals surface area contributed by atoms with Gasteiger partial charge >= 0.3 is 18.3 Å². The average molecular weight is 449 g/mol. The molecule has 2 bridgehead atoms. The predicted molar refractivity (Wildman–Crippen MR) is 90.3 cm³/mol. The lowest BCUT2D eigenvalue weighted by molar-refractivity contribution is -0.278. The van der Waals surface area contributed by atoms with Crippen LogP contribution in [0.15, 0.2) is 23.4 Å². The van der Waals surface area contributed by atoms with Crippen molar-refractivity contribution in [3.63, 3.8) is 0 Å². The summed E-state index contributed by atoms with van der Waals surface area (Å²) in [5.74, 6) is -0.766. The first-order chi connectivity index (χ1) is 14.4. The van der Waals surface area contributed by atoms with Crippen LogP contribution < -0.4 is 4.74 Å². The van der Waals surface area contributed by atoms with E-state index in [1.807, 2.05) is 0 Å². The highest BCUT2D eigenvalue weighted by atomic mass is 19.4. The van der Waals surface area contributed by atoms with E-state index in [4.69, 9.17) is 9.57 Å². The Morgan fingerprint density at radius 1 is 1.23 bits per heavy atom. The Labute approximate surface area is 170 Å². The molecule has 0 aliphatic carbocycles. The van der Waals surface area contributed by atoms with E-state index in [1.165, 1.54) is 19.1 Å². The molecule has 1 unspecified atom stereocenters. The average Bonchev–Trinajstić information content (AvgIpc) is 3.31. The molecule has 1 atom stereocenters. The molecule has 7 nitrogen and oxygen atoms in total. The normalized spacial score (nSPS) is 20.3. The molecule has 0 saturated heterocycles. The van der Waals surface area contributed by atoms with Crippen LogP contribution in [-0.4, -0.2) is 34.7 Å². The lowest BCUT2D eigenvalue weighted by atomic mass is 9.89. The second-order valence-corrected chi connectivity index (χ2v) is 6.92. The SMILES string of the molecule is COC(=O)c1ccc2c(c1C)OCn1nc(C(F)(F)F)cc1C1(C(F)(F)F)CC2=NO1. The number of hydrogen-bond acceptors (Lipinski definition) is 6. The van der Waals surface area contributed by atoms with Crippen molar-refractivity contribution in [3.05, 3.63) is 46.3 Å². The zero-order valence-corrected chi connectivity index (χ0v) is 15.9. The van der Waals surface area contributed by atoms with Gasteiger partial charge in [0.2, 0.25) is 0 Å². The summed E-state index contributed by atoms with van der Waals surface area (Å²) < 4.78 is 92.5. The number of rotatable bonds is 1. The van der Waals surface area contributed by atoms with E-state index in [9.17, 15) is 31.1 Å². The van der Waals surface area contributed by atoms with Gasteiger partial charge in [-0.15, -0.1) is 0 Å². The van der Waals surface area contributed by atoms with Crippen molar-refractivity contribution < 1.29 is 45.4 Å². The number of methoxy groups -OCH3 is 1. The minimum absolute atomic E-state index is 0.0415. The van der Waals surface area contributed by atoms with Gasteiger partial charge in [0.05, 0.1) is 30.5 Å². The van der Waals surface area contributed by atoms with Gasteiger partial charge in [0.1, 0.15) is 5.75 Å². The molecule has 0 saturated carbocycles. The van der Waals surface area contributed by atoms with Crippen LogP contribution in [0.4, 0.5) is 26.3 Å². The van der Waals surface area contributed by atoms with Crippen molar-refractivity contribution in [2.45, 2.75) is 38.0 Å². The standard InChI is InChI=1S/C18H13F6N3O4/c1-8-9(15(28)29-2)3-4-10-11-6-16(31-26-11,18(22,23)24)13-5-12(17(19,20)21)25-27(13)7-30-14(8)10/h3-5H,6-7H2,1-2H3. The second kappa shape index (κ2) is 6.62. The minimum Gasteiger partial charge on any atom is -0.470 e. The summed E-state index contributed by atoms with van der Waals surface area (Å²) in [7, 11) is 1.14. The van der Waals surface area contributed by atoms with Crippen molar-refractivity contribution in [1.82, 2.24) is 9.78 Å². The maximum Gasteiger partial charge on any atom is 0.437 e. The summed E-state index contributed by atoms with van der Waals surface area (Å²) in [6.45, 7) is 0.667. The molecule has 31 heavy (non-hydrogen) atoms. The van der Waals surface area contributed by atoms with Crippen molar-refractivity contribution in [1.29, 1.82) is 0 Å². The zero-order chi connectivity index (χ0) is 22.8. The van der Waals surface area contributed by atoms with E-state index in [1.54, 1.807) is 0 Å². The molecule has 3 heterocycles. The van der Waals surface area contributed by atoms with Gasteiger partial charge in [-0.3, -0.25) is 0 Å². The summed E-state index contributed by atoms with van der Waals surface area (Å²) >= 11 is 0. The highest BCUT2D eigenvalue weighted by molar-refractivity contribution is 6.05. The molecule has 0 radical (unpaired) electrons. The van der Waals surface area contributed by atoms with Gasteiger partial charge in [0.15, 0.2) is 12.4 Å². The lowest BCUT2D eigenvalue weighted by Gasteiger charge is -2.29. The van der Waals surface area contributed by atoms with Gasteiger partial charge in [0.25, 0.3) is 5.60 Å². The maximum absolute atomic E-state index is 14.1. The van der Waals surface area contributed by atoms with Gasteiger partial charge in [-0.25, -0.2) is 9.48 Å². The highest BCUT2D eigenvalue weighted by Gasteiger charge is 2.65. The number of carbonyl (C=O) groups excluding carboxylic acids is 1. The summed E-state index contributed by atoms with van der Waals surface area (Å²) in [6, 6.07) is 2.92. The molecule has 166 valence electrons. The molecule has 2 aromatic rings. The molecule has 13 heteroatoms. The van der Waals surface area contributed by atoms with Gasteiger partial charge < -0.3 is 14.3 Å². The lowest BCUT2D eigenvalue weighted by Crippen LogP contribution is -2.44. The Kier molecular flexibility index (Phi) is 4.49. The first-order valence-corrected chi connectivity index (χ1v) is 8.71. The maximum atomic E-state index is 14.1. The molecular weight excluding hydrogens is 436 g/mol. The predicted octanol–water partition coefficient (Wildman–Crippen LogP) is 3.93. The zero-order valence-electron chi connectivity index (χ0n) is 15.9. The molecule has 0 fully saturated rings. The number of fused-ring (bicyclic) bond motifs is 6. The van der Waals surface area contributed by atoms with Crippen LogP contribution >= 0.6 is 0 Å². The van der Waals surface area contributed by atoms with Crippen LogP contribution in [-0.2, 0) is 28.1 Å². The number of hydrogen-bond donors (Lipinski definition) is 0. The van der Waals surface area contributed by atoms with E-state index in [0.717, 1.165) is 7.11 Å². The van der Waals surface area contributed by atoms with Gasteiger partial charge in [-0.05, 0) is 25.1 Å². The monoisotopic (exact) mass is 449 g/mol. The van der Waals surface area contributed by atoms with Crippen LogP contribution in [0, 0.1) is 6.92 Å². The third kappa shape index (κ3) is 3.10. The van der Waals surface area contributed by atoms with Crippen molar-refractivity contribution >= 4 is 11.7 Å².